The molecule has 1 fully saturated rings. The van der Waals surface area contributed by atoms with Crippen LogP contribution in [0.15, 0.2) is 18.2 Å². The summed E-state index contributed by atoms with van der Waals surface area (Å²) in [5, 5.41) is 23.1. The van der Waals surface area contributed by atoms with Crippen LogP contribution in [0.2, 0.25) is 0 Å². The molecule has 1 heterocycles. The molecule has 0 saturated carbocycles. The lowest BCUT2D eigenvalue weighted by Crippen LogP contribution is -2.34. The average Bonchev–Trinajstić information content (AvgIpc) is 2.60. The molecule has 0 aliphatic carbocycles. The van der Waals surface area contributed by atoms with Crippen LogP contribution in [0.5, 0.6) is 0 Å². The van der Waals surface area contributed by atoms with Gasteiger partial charge in [-0.1, -0.05) is 6.92 Å². The summed E-state index contributed by atoms with van der Waals surface area (Å²) in [6.45, 7) is 5.72. The number of aliphatic hydroxyl groups is 1. The molecule has 0 bridgehead atoms. The van der Waals surface area contributed by atoms with Crippen molar-refractivity contribution in [1.29, 1.82) is 0 Å². The van der Waals surface area contributed by atoms with Crippen LogP contribution in [-0.4, -0.2) is 41.7 Å². The largest absolute Gasteiger partial charge is 0.396 e. The number of aliphatic hydroxyl groups excluding tert-OH is 1. The summed E-state index contributed by atoms with van der Waals surface area (Å²) in [6.07, 6.45) is 3.30. The Morgan fingerprint density at radius 3 is 2.72 bits per heavy atom. The molecule has 0 spiro atoms. The van der Waals surface area contributed by atoms with Gasteiger partial charge in [0, 0.05) is 37.4 Å². The fraction of sp³-hybridized carbons (Fsp3) is 0.611. The van der Waals surface area contributed by atoms with Gasteiger partial charge in [0.05, 0.1) is 4.92 Å². The first kappa shape index (κ1) is 19.2. The number of nitro benzene ring substituents is 1. The SMILES string of the molecule is CC1CCN(c2ccc(C(=O)NC(C)CCCO)cc2[N+](=O)[O-])CC1. The average molecular weight is 349 g/mol. The summed E-state index contributed by atoms with van der Waals surface area (Å²) < 4.78 is 0. The van der Waals surface area contributed by atoms with Crippen molar-refractivity contribution in [2.45, 2.75) is 45.6 Å². The minimum absolute atomic E-state index is 0.0229. The number of piperidine rings is 1. The third-order valence-electron chi connectivity index (χ3n) is 4.73. The van der Waals surface area contributed by atoms with E-state index in [9.17, 15) is 14.9 Å². The topological polar surface area (TPSA) is 95.7 Å². The highest BCUT2D eigenvalue weighted by Gasteiger charge is 2.25. The van der Waals surface area contributed by atoms with E-state index in [-0.39, 0.29) is 29.8 Å². The minimum Gasteiger partial charge on any atom is -0.396 e. The molecule has 2 rings (SSSR count). The van der Waals surface area contributed by atoms with E-state index in [0.717, 1.165) is 25.9 Å². The van der Waals surface area contributed by atoms with Gasteiger partial charge in [-0.3, -0.25) is 14.9 Å². The van der Waals surface area contributed by atoms with E-state index >= 15 is 0 Å². The number of hydrogen-bond donors (Lipinski definition) is 2. The van der Waals surface area contributed by atoms with Gasteiger partial charge in [0.2, 0.25) is 0 Å². The summed E-state index contributed by atoms with van der Waals surface area (Å²) in [4.78, 5) is 25.4. The number of carbonyl (C=O) groups is 1. The van der Waals surface area contributed by atoms with Gasteiger partial charge in [0.15, 0.2) is 0 Å². The van der Waals surface area contributed by atoms with Gasteiger partial charge < -0.3 is 15.3 Å². The van der Waals surface area contributed by atoms with Crippen molar-refractivity contribution >= 4 is 17.3 Å². The predicted molar refractivity (Wildman–Crippen MR) is 97.0 cm³/mol. The Morgan fingerprint density at radius 1 is 1.44 bits per heavy atom. The van der Waals surface area contributed by atoms with Gasteiger partial charge in [-0.05, 0) is 50.7 Å². The Labute approximate surface area is 148 Å². The molecular weight excluding hydrogens is 322 g/mol. The van der Waals surface area contributed by atoms with Crippen molar-refractivity contribution in [2.75, 3.05) is 24.6 Å². The monoisotopic (exact) mass is 349 g/mol. The number of rotatable bonds is 7. The maximum atomic E-state index is 12.3. The lowest BCUT2D eigenvalue weighted by Gasteiger charge is -2.31. The van der Waals surface area contributed by atoms with Crippen LogP contribution in [0.1, 0.15) is 49.9 Å². The molecule has 25 heavy (non-hydrogen) atoms. The zero-order valence-corrected chi connectivity index (χ0v) is 14.9. The van der Waals surface area contributed by atoms with Crippen molar-refractivity contribution < 1.29 is 14.8 Å². The Morgan fingerprint density at radius 2 is 2.12 bits per heavy atom. The van der Waals surface area contributed by atoms with Gasteiger partial charge in [-0.15, -0.1) is 0 Å². The van der Waals surface area contributed by atoms with Crippen LogP contribution in [0.25, 0.3) is 0 Å². The van der Waals surface area contributed by atoms with E-state index in [4.69, 9.17) is 5.11 Å². The van der Waals surface area contributed by atoms with Crippen molar-refractivity contribution in [3.05, 3.63) is 33.9 Å². The fourth-order valence-electron chi connectivity index (χ4n) is 3.10. The van der Waals surface area contributed by atoms with Gasteiger partial charge in [-0.2, -0.15) is 0 Å². The second-order valence-electron chi connectivity index (χ2n) is 6.87. The Hall–Kier alpha value is -2.15. The Bertz CT molecular complexity index is 612. The molecular formula is C18H27N3O4. The number of hydrogen-bond acceptors (Lipinski definition) is 5. The predicted octanol–water partition coefficient (Wildman–Crippen LogP) is 2.72. The highest BCUT2D eigenvalue weighted by atomic mass is 16.6. The van der Waals surface area contributed by atoms with Crippen LogP contribution in [-0.2, 0) is 0 Å². The van der Waals surface area contributed by atoms with Crippen molar-refractivity contribution in [1.82, 2.24) is 5.32 Å². The molecule has 138 valence electrons. The van der Waals surface area contributed by atoms with Crippen LogP contribution in [0.4, 0.5) is 11.4 Å². The number of nitrogens with zero attached hydrogens (tertiary/aromatic N) is 2. The van der Waals surface area contributed by atoms with Crippen LogP contribution in [0.3, 0.4) is 0 Å². The third kappa shape index (κ3) is 5.16. The van der Waals surface area contributed by atoms with Gasteiger partial charge in [-0.25, -0.2) is 0 Å². The molecule has 1 amide bonds. The maximum Gasteiger partial charge on any atom is 0.293 e. The van der Waals surface area contributed by atoms with Crippen molar-refractivity contribution in [2.24, 2.45) is 5.92 Å². The summed E-state index contributed by atoms with van der Waals surface area (Å²) in [6, 6.07) is 4.60. The van der Waals surface area contributed by atoms with Gasteiger partial charge in [0.25, 0.3) is 11.6 Å². The number of nitro groups is 1. The molecule has 7 heteroatoms. The first-order valence-corrected chi connectivity index (χ1v) is 8.87. The molecule has 1 unspecified atom stereocenters. The molecule has 2 N–H and O–H groups in total. The van der Waals surface area contributed by atoms with E-state index < -0.39 is 4.92 Å². The summed E-state index contributed by atoms with van der Waals surface area (Å²) in [5.74, 6) is 0.313. The minimum atomic E-state index is -0.417. The van der Waals surface area contributed by atoms with Crippen LogP contribution >= 0.6 is 0 Å². The van der Waals surface area contributed by atoms with Crippen molar-refractivity contribution in [3.63, 3.8) is 0 Å². The highest BCUT2D eigenvalue weighted by molar-refractivity contribution is 5.96. The fourth-order valence-corrected chi connectivity index (χ4v) is 3.10. The zero-order chi connectivity index (χ0) is 18.4. The molecule has 1 aromatic rings. The maximum absolute atomic E-state index is 12.3. The normalized spacial score (nSPS) is 16.5. The van der Waals surface area contributed by atoms with E-state index in [1.807, 2.05) is 11.8 Å². The Kier molecular flexibility index (Phi) is 6.75. The molecule has 1 aliphatic rings. The summed E-state index contributed by atoms with van der Waals surface area (Å²) in [7, 11) is 0. The lowest BCUT2D eigenvalue weighted by atomic mass is 9.98. The molecule has 1 atom stereocenters. The van der Waals surface area contributed by atoms with Gasteiger partial charge >= 0.3 is 0 Å². The van der Waals surface area contributed by atoms with E-state index in [1.54, 1.807) is 12.1 Å². The first-order chi connectivity index (χ1) is 11.9. The zero-order valence-electron chi connectivity index (χ0n) is 14.9. The van der Waals surface area contributed by atoms with E-state index in [0.29, 0.717) is 24.4 Å². The van der Waals surface area contributed by atoms with Crippen LogP contribution < -0.4 is 10.2 Å². The Balaban J connectivity index is 2.15. The number of benzene rings is 1. The summed E-state index contributed by atoms with van der Waals surface area (Å²) in [5.41, 5.74) is 0.851. The lowest BCUT2D eigenvalue weighted by molar-refractivity contribution is -0.384. The second kappa shape index (κ2) is 8.80. The third-order valence-corrected chi connectivity index (χ3v) is 4.73. The number of nitrogens with one attached hydrogen (secondary N) is 1. The molecule has 0 radical (unpaired) electrons. The number of amides is 1. The first-order valence-electron chi connectivity index (χ1n) is 8.87. The van der Waals surface area contributed by atoms with E-state index in [2.05, 4.69) is 12.2 Å². The quantitative estimate of drug-likeness (QED) is 0.583. The molecule has 1 aliphatic heterocycles. The van der Waals surface area contributed by atoms with Gasteiger partial charge in [0.1, 0.15) is 5.69 Å². The smallest absolute Gasteiger partial charge is 0.293 e. The highest BCUT2D eigenvalue weighted by Crippen LogP contribution is 2.32. The molecule has 1 aromatic carbocycles. The number of anilines is 1. The van der Waals surface area contributed by atoms with Crippen LogP contribution in [0, 0.1) is 16.0 Å². The summed E-state index contributed by atoms with van der Waals surface area (Å²) >= 11 is 0. The standard InChI is InChI=1S/C18H27N3O4/c1-13-7-9-20(10-8-13)16-6-5-15(12-17(16)21(24)25)18(23)19-14(2)4-3-11-22/h5-6,12-14,22H,3-4,7-11H2,1-2H3,(H,19,23). The second-order valence-corrected chi connectivity index (χ2v) is 6.87. The van der Waals surface area contributed by atoms with E-state index in [1.165, 1.54) is 6.07 Å². The van der Waals surface area contributed by atoms with Crippen molar-refractivity contribution in [3.8, 4) is 0 Å². The molecule has 0 aromatic heterocycles. The number of carbonyl (C=O) groups excluding carboxylic acids is 1. The molecule has 1 saturated heterocycles. The molecule has 7 nitrogen and oxygen atoms in total.